The number of hydrogen-bond donors (Lipinski definition) is 1. The second kappa shape index (κ2) is 8.32. The molecule has 1 amide bonds. The minimum atomic E-state index is -0.190. The van der Waals surface area contributed by atoms with Crippen LogP contribution in [0.15, 0.2) is 39.7 Å². The Labute approximate surface area is 136 Å². The van der Waals surface area contributed by atoms with Crippen LogP contribution in [0.4, 0.5) is 0 Å². The van der Waals surface area contributed by atoms with Crippen LogP contribution >= 0.6 is 0 Å². The van der Waals surface area contributed by atoms with E-state index in [9.17, 15) is 9.59 Å². The summed E-state index contributed by atoms with van der Waals surface area (Å²) in [4.78, 5) is 24.1. The monoisotopic (exact) mass is 313 g/mol. The van der Waals surface area contributed by atoms with E-state index >= 15 is 0 Å². The number of hydrogen-bond acceptors (Lipinski definition) is 3. The van der Waals surface area contributed by atoms with Crippen molar-refractivity contribution in [3.63, 3.8) is 0 Å². The summed E-state index contributed by atoms with van der Waals surface area (Å²) >= 11 is 0. The van der Waals surface area contributed by atoms with Gasteiger partial charge >= 0.3 is 0 Å². The third-order valence-corrected chi connectivity index (χ3v) is 3.70. The first kappa shape index (κ1) is 17.0. The zero-order valence-corrected chi connectivity index (χ0v) is 13.7. The molecule has 0 aliphatic heterocycles. The molecule has 4 nitrogen and oxygen atoms in total. The Bertz CT molecular complexity index is 759. The average Bonchev–Trinajstić information content (AvgIpc) is 2.54. The minimum absolute atomic E-state index is 0.123. The summed E-state index contributed by atoms with van der Waals surface area (Å²) in [6.07, 6.45) is 8.74. The van der Waals surface area contributed by atoms with Crippen molar-refractivity contribution in [1.29, 1.82) is 0 Å². The van der Waals surface area contributed by atoms with Crippen molar-refractivity contribution in [2.75, 3.05) is 6.54 Å². The molecular weight excluding hydrogens is 290 g/mol. The Morgan fingerprint density at radius 2 is 2.09 bits per heavy atom. The van der Waals surface area contributed by atoms with Gasteiger partial charge in [0.1, 0.15) is 11.8 Å². The van der Waals surface area contributed by atoms with Gasteiger partial charge in [0.2, 0.25) is 5.91 Å². The van der Waals surface area contributed by atoms with Crippen molar-refractivity contribution in [2.45, 2.75) is 39.5 Å². The molecule has 0 aliphatic rings. The van der Waals surface area contributed by atoms with Gasteiger partial charge in [0.05, 0.1) is 10.9 Å². The normalized spacial score (nSPS) is 11.2. The van der Waals surface area contributed by atoms with E-state index in [0.29, 0.717) is 23.1 Å². The van der Waals surface area contributed by atoms with E-state index in [-0.39, 0.29) is 11.3 Å². The van der Waals surface area contributed by atoms with Crippen LogP contribution in [-0.2, 0) is 4.79 Å². The molecule has 0 unspecified atom stereocenters. The summed E-state index contributed by atoms with van der Waals surface area (Å²) in [7, 11) is 0. The van der Waals surface area contributed by atoms with Gasteiger partial charge in [-0.15, -0.1) is 0 Å². The van der Waals surface area contributed by atoms with Crippen molar-refractivity contribution in [3.8, 4) is 0 Å². The number of fused-ring (bicyclic) bond motifs is 1. The summed E-state index contributed by atoms with van der Waals surface area (Å²) in [5.74, 6) is -0.190. The Hall–Kier alpha value is -2.36. The maximum absolute atomic E-state index is 12.4. The summed E-state index contributed by atoms with van der Waals surface area (Å²) in [5, 5.41) is 3.35. The lowest BCUT2D eigenvalue weighted by atomic mass is 10.1. The molecule has 0 fully saturated rings. The Balaban J connectivity index is 2.02. The summed E-state index contributed by atoms with van der Waals surface area (Å²) < 4.78 is 5.45. The summed E-state index contributed by atoms with van der Waals surface area (Å²) in [5.41, 5.74) is 1.81. The lowest BCUT2D eigenvalue weighted by molar-refractivity contribution is -0.116. The SMILES string of the molecule is CCCCCCNC(=O)/C=C/c1coc2ccc(C)cc2c1=O. The van der Waals surface area contributed by atoms with E-state index in [1.165, 1.54) is 31.3 Å². The lowest BCUT2D eigenvalue weighted by Crippen LogP contribution is -2.22. The fraction of sp³-hybridized carbons (Fsp3) is 0.368. The third kappa shape index (κ3) is 4.81. The van der Waals surface area contributed by atoms with Crippen molar-refractivity contribution >= 4 is 23.0 Å². The molecule has 1 aromatic carbocycles. The van der Waals surface area contributed by atoms with Gasteiger partial charge in [0, 0.05) is 12.6 Å². The molecule has 0 spiro atoms. The van der Waals surface area contributed by atoms with Crippen LogP contribution in [-0.4, -0.2) is 12.5 Å². The highest BCUT2D eigenvalue weighted by Crippen LogP contribution is 2.13. The van der Waals surface area contributed by atoms with Crippen LogP contribution in [0.1, 0.15) is 43.7 Å². The molecular formula is C19H23NO3. The van der Waals surface area contributed by atoms with Gasteiger partial charge in [-0.25, -0.2) is 0 Å². The average molecular weight is 313 g/mol. The standard InChI is InChI=1S/C19H23NO3/c1-3-4-5-6-11-20-18(21)10-8-15-13-23-17-9-7-14(2)12-16(17)19(15)22/h7-10,12-13H,3-6,11H2,1-2H3,(H,20,21)/b10-8+. The van der Waals surface area contributed by atoms with Crippen LogP contribution < -0.4 is 10.7 Å². The Kier molecular flexibility index (Phi) is 6.15. The van der Waals surface area contributed by atoms with E-state index < -0.39 is 0 Å². The van der Waals surface area contributed by atoms with Crippen molar-refractivity contribution in [2.24, 2.45) is 0 Å². The first-order valence-corrected chi connectivity index (χ1v) is 8.10. The molecule has 0 bridgehead atoms. The number of carbonyl (C=O) groups excluding carboxylic acids is 1. The van der Waals surface area contributed by atoms with E-state index in [0.717, 1.165) is 18.4 Å². The number of benzene rings is 1. The molecule has 2 aromatic rings. The van der Waals surface area contributed by atoms with Gasteiger partial charge in [-0.05, 0) is 31.6 Å². The molecule has 0 saturated carbocycles. The molecule has 0 radical (unpaired) electrons. The number of amides is 1. The van der Waals surface area contributed by atoms with Gasteiger partial charge < -0.3 is 9.73 Å². The maximum Gasteiger partial charge on any atom is 0.244 e. The van der Waals surface area contributed by atoms with Crippen molar-refractivity contribution < 1.29 is 9.21 Å². The highest BCUT2D eigenvalue weighted by atomic mass is 16.3. The fourth-order valence-electron chi connectivity index (χ4n) is 2.36. The Morgan fingerprint density at radius 3 is 2.87 bits per heavy atom. The molecule has 4 heteroatoms. The minimum Gasteiger partial charge on any atom is -0.463 e. The lowest BCUT2D eigenvalue weighted by Gasteiger charge is -2.02. The highest BCUT2D eigenvalue weighted by molar-refractivity contribution is 5.92. The predicted molar refractivity (Wildman–Crippen MR) is 93.4 cm³/mol. The van der Waals surface area contributed by atoms with Gasteiger partial charge in [-0.3, -0.25) is 9.59 Å². The first-order valence-electron chi connectivity index (χ1n) is 8.10. The predicted octanol–water partition coefficient (Wildman–Crippen LogP) is 3.81. The highest BCUT2D eigenvalue weighted by Gasteiger charge is 2.05. The molecule has 23 heavy (non-hydrogen) atoms. The van der Waals surface area contributed by atoms with Crippen LogP contribution in [0.25, 0.3) is 17.0 Å². The van der Waals surface area contributed by atoms with Crippen molar-refractivity contribution in [3.05, 3.63) is 51.9 Å². The number of nitrogens with one attached hydrogen (secondary N) is 1. The third-order valence-electron chi connectivity index (χ3n) is 3.70. The topological polar surface area (TPSA) is 59.3 Å². The molecule has 1 aromatic heterocycles. The van der Waals surface area contributed by atoms with Crippen LogP contribution in [0.2, 0.25) is 0 Å². The number of carbonyl (C=O) groups is 1. The summed E-state index contributed by atoms with van der Waals surface area (Å²) in [6.45, 7) is 4.74. The first-order chi connectivity index (χ1) is 11.1. The Morgan fingerprint density at radius 1 is 1.26 bits per heavy atom. The number of rotatable bonds is 7. The second-order valence-corrected chi connectivity index (χ2v) is 5.70. The largest absolute Gasteiger partial charge is 0.463 e. The van der Waals surface area contributed by atoms with Gasteiger partial charge in [0.15, 0.2) is 5.43 Å². The van der Waals surface area contributed by atoms with E-state index in [4.69, 9.17) is 4.42 Å². The maximum atomic E-state index is 12.4. The van der Waals surface area contributed by atoms with Crippen LogP contribution in [0.5, 0.6) is 0 Å². The van der Waals surface area contributed by atoms with Gasteiger partial charge in [0.25, 0.3) is 0 Å². The van der Waals surface area contributed by atoms with E-state index in [2.05, 4.69) is 12.2 Å². The fourth-order valence-corrected chi connectivity index (χ4v) is 2.36. The van der Waals surface area contributed by atoms with Gasteiger partial charge in [-0.2, -0.15) is 0 Å². The smallest absolute Gasteiger partial charge is 0.244 e. The molecule has 2 rings (SSSR count). The van der Waals surface area contributed by atoms with Gasteiger partial charge in [-0.1, -0.05) is 37.8 Å². The van der Waals surface area contributed by atoms with Crippen LogP contribution in [0, 0.1) is 6.92 Å². The second-order valence-electron chi connectivity index (χ2n) is 5.70. The molecule has 0 saturated heterocycles. The molecule has 1 heterocycles. The number of aryl methyl sites for hydroxylation is 1. The van der Waals surface area contributed by atoms with Crippen molar-refractivity contribution in [1.82, 2.24) is 5.32 Å². The van der Waals surface area contributed by atoms with E-state index in [1.54, 1.807) is 12.1 Å². The molecule has 0 aliphatic carbocycles. The zero-order chi connectivity index (χ0) is 16.7. The van der Waals surface area contributed by atoms with Crippen LogP contribution in [0.3, 0.4) is 0 Å². The molecule has 1 N–H and O–H groups in total. The molecule has 0 atom stereocenters. The molecule has 122 valence electrons. The quantitative estimate of drug-likeness (QED) is 0.624. The summed E-state index contributed by atoms with van der Waals surface area (Å²) in [6, 6.07) is 5.47. The van der Waals surface area contributed by atoms with E-state index in [1.807, 2.05) is 13.0 Å². The zero-order valence-electron chi connectivity index (χ0n) is 13.7. The number of unbranched alkanes of at least 4 members (excludes halogenated alkanes) is 3.